The zero-order valence-corrected chi connectivity index (χ0v) is 23.1. The molecule has 11 nitrogen and oxygen atoms in total. The van der Waals surface area contributed by atoms with Gasteiger partial charge in [0.1, 0.15) is 17.0 Å². The fourth-order valence-electron chi connectivity index (χ4n) is 5.12. The quantitative estimate of drug-likeness (QED) is 0.187. The summed E-state index contributed by atoms with van der Waals surface area (Å²) in [5.74, 6) is 0.139. The summed E-state index contributed by atoms with van der Waals surface area (Å²) in [6.45, 7) is 0. The number of carbonyl (C=O) groups is 2. The minimum absolute atomic E-state index is 0.0727. The van der Waals surface area contributed by atoms with Crippen molar-refractivity contribution in [1.29, 1.82) is 0 Å². The third-order valence-electron chi connectivity index (χ3n) is 7.49. The molecule has 3 aromatic heterocycles. The first-order chi connectivity index (χ1) is 19.9. The number of pyridine rings is 1. The molecule has 41 heavy (non-hydrogen) atoms. The molecule has 6 N–H and O–H groups in total. The second kappa shape index (κ2) is 11.7. The van der Waals surface area contributed by atoms with Gasteiger partial charge in [0.15, 0.2) is 11.3 Å². The molecule has 4 aromatic rings. The van der Waals surface area contributed by atoms with Crippen molar-refractivity contribution in [3.8, 4) is 0 Å². The Kier molecular flexibility index (Phi) is 7.71. The number of amides is 2. The SMILES string of the molecule is N[C@H](C(=O)N[C@H]1CC[C@H](Nc2cc(NC3CC3)c3ncc(C(=O)Nc4ccnc(Cl)c4)n3n2)CC1)c1ccccc1. The van der Waals surface area contributed by atoms with Crippen molar-refractivity contribution in [2.24, 2.45) is 5.73 Å². The van der Waals surface area contributed by atoms with Gasteiger partial charge in [-0.3, -0.25) is 9.59 Å². The molecule has 0 unspecified atom stereocenters. The highest BCUT2D eigenvalue weighted by atomic mass is 35.5. The maximum absolute atomic E-state index is 13.2. The van der Waals surface area contributed by atoms with E-state index in [2.05, 4.69) is 31.2 Å². The Morgan fingerprint density at radius 3 is 2.37 bits per heavy atom. The van der Waals surface area contributed by atoms with Gasteiger partial charge < -0.3 is 27.0 Å². The fraction of sp³-hybridized carbons (Fsp3) is 0.345. The van der Waals surface area contributed by atoms with Crippen LogP contribution in [0.4, 0.5) is 17.2 Å². The Hall–Kier alpha value is -4.22. The molecule has 3 heterocycles. The third-order valence-corrected chi connectivity index (χ3v) is 7.70. The Labute approximate surface area is 242 Å². The smallest absolute Gasteiger partial charge is 0.276 e. The standard InChI is InChI=1S/C29H32ClN9O2/c30-24-14-21(12-13-32-24)37-28(40)23-16-33-27-22(34-18-6-7-18)15-25(38-39(23)27)35-19-8-10-20(11-9-19)36-29(41)26(31)17-4-2-1-3-5-17/h1-5,12-16,18-20,26,34H,6-11,31H2,(H,35,38)(H,36,41)(H,32,37,40)/t19-,20-,26-/m0/s1. The first-order valence-corrected chi connectivity index (χ1v) is 14.3. The van der Waals surface area contributed by atoms with E-state index in [1.807, 2.05) is 36.4 Å². The van der Waals surface area contributed by atoms with Crippen LogP contribution < -0.4 is 27.0 Å². The number of carbonyl (C=O) groups excluding carboxylic acids is 2. The van der Waals surface area contributed by atoms with Gasteiger partial charge in [0.05, 0.1) is 11.9 Å². The van der Waals surface area contributed by atoms with Crippen molar-refractivity contribution in [2.45, 2.75) is 62.7 Å². The Bertz CT molecular complexity index is 1550. The van der Waals surface area contributed by atoms with Gasteiger partial charge >= 0.3 is 0 Å². The van der Waals surface area contributed by atoms with E-state index in [1.165, 1.54) is 12.4 Å². The van der Waals surface area contributed by atoms with E-state index >= 15 is 0 Å². The zero-order chi connectivity index (χ0) is 28.3. The van der Waals surface area contributed by atoms with Gasteiger partial charge in [-0.05, 0) is 56.2 Å². The van der Waals surface area contributed by atoms with Crippen molar-refractivity contribution < 1.29 is 9.59 Å². The molecule has 2 aliphatic rings. The summed E-state index contributed by atoms with van der Waals surface area (Å²) in [6.07, 6.45) is 8.61. The maximum Gasteiger partial charge on any atom is 0.276 e. The molecule has 0 bridgehead atoms. The number of fused-ring (bicyclic) bond motifs is 1. The van der Waals surface area contributed by atoms with Crippen LogP contribution in [0, 0.1) is 0 Å². The van der Waals surface area contributed by atoms with Gasteiger partial charge in [-0.2, -0.15) is 0 Å². The van der Waals surface area contributed by atoms with Gasteiger partial charge in [0.25, 0.3) is 5.91 Å². The van der Waals surface area contributed by atoms with Crippen LogP contribution in [-0.4, -0.2) is 49.5 Å². The Balaban J connectivity index is 1.13. The second-order valence-corrected chi connectivity index (χ2v) is 11.0. The monoisotopic (exact) mass is 573 g/mol. The normalized spacial score (nSPS) is 19.4. The lowest BCUT2D eigenvalue weighted by Crippen LogP contribution is -2.44. The van der Waals surface area contributed by atoms with Crippen LogP contribution >= 0.6 is 11.6 Å². The van der Waals surface area contributed by atoms with Crippen molar-refractivity contribution in [2.75, 3.05) is 16.0 Å². The predicted molar refractivity (Wildman–Crippen MR) is 158 cm³/mol. The first kappa shape index (κ1) is 27.0. The van der Waals surface area contributed by atoms with E-state index in [9.17, 15) is 9.59 Å². The Morgan fingerprint density at radius 2 is 1.63 bits per heavy atom. The number of imidazole rings is 1. The summed E-state index contributed by atoms with van der Waals surface area (Å²) in [6, 6.07) is 14.6. The number of nitrogens with two attached hydrogens (primary N) is 1. The lowest BCUT2D eigenvalue weighted by molar-refractivity contribution is -0.123. The lowest BCUT2D eigenvalue weighted by Gasteiger charge is -2.30. The van der Waals surface area contributed by atoms with Crippen molar-refractivity contribution in [1.82, 2.24) is 24.9 Å². The van der Waals surface area contributed by atoms with E-state index in [4.69, 9.17) is 22.4 Å². The highest BCUT2D eigenvalue weighted by Gasteiger charge is 2.27. The molecule has 2 amide bonds. The number of halogens is 1. The molecule has 1 aromatic carbocycles. The van der Waals surface area contributed by atoms with Crippen LogP contribution in [0.1, 0.15) is 60.6 Å². The van der Waals surface area contributed by atoms with Crippen LogP contribution in [0.3, 0.4) is 0 Å². The first-order valence-electron chi connectivity index (χ1n) is 13.9. The van der Waals surface area contributed by atoms with E-state index in [1.54, 1.807) is 16.6 Å². The van der Waals surface area contributed by atoms with Gasteiger partial charge in [0, 0.05) is 36.1 Å². The number of aromatic nitrogens is 4. The molecule has 2 aliphatic carbocycles. The summed E-state index contributed by atoms with van der Waals surface area (Å²) in [4.78, 5) is 34.3. The van der Waals surface area contributed by atoms with Crippen LogP contribution in [-0.2, 0) is 4.79 Å². The van der Waals surface area contributed by atoms with Crippen molar-refractivity contribution in [3.63, 3.8) is 0 Å². The number of rotatable bonds is 9. The number of hydrogen-bond donors (Lipinski definition) is 5. The van der Waals surface area contributed by atoms with Crippen molar-refractivity contribution in [3.05, 3.63) is 77.3 Å². The number of anilines is 3. The lowest BCUT2D eigenvalue weighted by atomic mass is 9.90. The topological polar surface area (TPSA) is 151 Å². The highest BCUT2D eigenvalue weighted by Crippen LogP contribution is 2.30. The zero-order valence-electron chi connectivity index (χ0n) is 22.4. The molecule has 1 atom stereocenters. The number of benzene rings is 1. The maximum atomic E-state index is 13.2. The minimum atomic E-state index is -0.683. The molecule has 2 fully saturated rings. The van der Waals surface area contributed by atoms with Crippen LogP contribution in [0.25, 0.3) is 5.65 Å². The molecule has 0 spiro atoms. The minimum Gasteiger partial charge on any atom is -0.379 e. The van der Waals surface area contributed by atoms with Gasteiger partial charge in [-0.1, -0.05) is 41.9 Å². The molecular formula is C29H32ClN9O2. The Morgan fingerprint density at radius 1 is 0.927 bits per heavy atom. The van der Waals surface area contributed by atoms with Gasteiger partial charge in [-0.25, -0.2) is 14.5 Å². The molecular weight excluding hydrogens is 542 g/mol. The highest BCUT2D eigenvalue weighted by molar-refractivity contribution is 6.29. The number of hydrogen-bond acceptors (Lipinski definition) is 8. The summed E-state index contributed by atoms with van der Waals surface area (Å²) in [5.41, 5.74) is 9.22. The fourth-order valence-corrected chi connectivity index (χ4v) is 5.29. The summed E-state index contributed by atoms with van der Waals surface area (Å²) in [7, 11) is 0. The average molecular weight is 574 g/mol. The van der Waals surface area contributed by atoms with Crippen LogP contribution in [0.15, 0.2) is 60.9 Å². The summed E-state index contributed by atoms with van der Waals surface area (Å²) in [5, 5.41) is 18.1. The average Bonchev–Trinajstić information content (AvgIpc) is 3.69. The largest absolute Gasteiger partial charge is 0.379 e. The van der Waals surface area contributed by atoms with E-state index in [0.717, 1.165) is 49.8 Å². The summed E-state index contributed by atoms with van der Waals surface area (Å²) >= 11 is 5.97. The predicted octanol–water partition coefficient (Wildman–Crippen LogP) is 4.14. The van der Waals surface area contributed by atoms with Gasteiger partial charge in [0.2, 0.25) is 5.91 Å². The van der Waals surface area contributed by atoms with Gasteiger partial charge in [-0.15, -0.1) is 5.10 Å². The molecule has 0 aliphatic heterocycles. The molecule has 0 radical (unpaired) electrons. The second-order valence-electron chi connectivity index (χ2n) is 10.7. The molecule has 212 valence electrons. The van der Waals surface area contributed by atoms with E-state index in [-0.39, 0.29) is 29.1 Å². The number of nitrogens with zero attached hydrogens (tertiary/aromatic N) is 4. The number of nitrogens with one attached hydrogen (secondary N) is 4. The summed E-state index contributed by atoms with van der Waals surface area (Å²) < 4.78 is 1.57. The molecule has 6 rings (SSSR count). The molecule has 12 heteroatoms. The molecule has 0 saturated heterocycles. The third kappa shape index (κ3) is 6.41. The van der Waals surface area contributed by atoms with Crippen LogP contribution in [0.2, 0.25) is 5.15 Å². The molecule has 2 saturated carbocycles. The van der Waals surface area contributed by atoms with E-state index < -0.39 is 6.04 Å². The van der Waals surface area contributed by atoms with E-state index in [0.29, 0.717) is 28.9 Å². The van der Waals surface area contributed by atoms with Crippen LogP contribution in [0.5, 0.6) is 0 Å². The van der Waals surface area contributed by atoms with Crippen molar-refractivity contribution >= 4 is 46.3 Å².